The van der Waals surface area contributed by atoms with Crippen LogP contribution in [0, 0.1) is 0 Å². The average molecular weight is 231 g/mol. The molecule has 1 saturated carbocycles. The number of thiophene rings is 1. The molecule has 1 aliphatic rings. The zero-order chi connectivity index (χ0) is 11.0. The van der Waals surface area contributed by atoms with Gasteiger partial charge in [0.05, 0.1) is 0 Å². The monoisotopic (exact) mass is 231 g/mol. The lowest BCUT2D eigenvalue weighted by Crippen LogP contribution is -2.25. The normalized spacial score (nSPS) is 26.1. The van der Waals surface area contributed by atoms with Crippen LogP contribution in [-0.4, -0.2) is 6.04 Å². The first-order valence-electron chi connectivity index (χ1n) is 6.06. The van der Waals surface area contributed by atoms with E-state index in [1.54, 1.807) is 5.56 Å². The number of rotatable bonds is 1. The zero-order valence-electron chi connectivity index (χ0n) is 9.36. The number of nitrogens with two attached hydrogens (primary N) is 1. The van der Waals surface area contributed by atoms with Gasteiger partial charge >= 0.3 is 0 Å². The van der Waals surface area contributed by atoms with Crippen LogP contribution in [0.25, 0.3) is 10.1 Å². The first-order valence-corrected chi connectivity index (χ1v) is 6.94. The van der Waals surface area contributed by atoms with Crippen molar-refractivity contribution < 1.29 is 0 Å². The van der Waals surface area contributed by atoms with Gasteiger partial charge in [0.15, 0.2) is 0 Å². The Kier molecular flexibility index (Phi) is 2.70. The second-order valence-electron chi connectivity index (χ2n) is 4.80. The molecule has 1 aromatic carbocycles. The quantitative estimate of drug-likeness (QED) is 0.791. The molecule has 0 unspecified atom stereocenters. The van der Waals surface area contributed by atoms with Gasteiger partial charge in [0.2, 0.25) is 0 Å². The van der Waals surface area contributed by atoms with Gasteiger partial charge in [0, 0.05) is 10.7 Å². The zero-order valence-corrected chi connectivity index (χ0v) is 10.2. The third kappa shape index (κ3) is 1.76. The summed E-state index contributed by atoms with van der Waals surface area (Å²) >= 11 is 1.88. The van der Waals surface area contributed by atoms with Gasteiger partial charge in [0.1, 0.15) is 0 Å². The second kappa shape index (κ2) is 4.19. The third-order valence-electron chi connectivity index (χ3n) is 3.72. The summed E-state index contributed by atoms with van der Waals surface area (Å²) in [6, 6.07) is 9.38. The Bertz CT molecular complexity index is 480. The molecule has 0 radical (unpaired) electrons. The van der Waals surface area contributed by atoms with Gasteiger partial charge in [-0.15, -0.1) is 11.3 Å². The predicted molar refractivity (Wildman–Crippen MR) is 71.0 cm³/mol. The van der Waals surface area contributed by atoms with Gasteiger partial charge in [-0.3, -0.25) is 0 Å². The molecular weight excluding hydrogens is 214 g/mol. The van der Waals surface area contributed by atoms with Crippen LogP contribution in [0.4, 0.5) is 0 Å². The standard InChI is InChI=1S/C14H17NS/c15-12-6-4-10(5-7-12)13-3-1-2-11-8-9-16-14(11)13/h1-3,8-10,12H,4-7,15H2. The molecule has 0 saturated heterocycles. The van der Waals surface area contributed by atoms with Gasteiger partial charge in [0.25, 0.3) is 0 Å². The largest absolute Gasteiger partial charge is 0.328 e. The fraction of sp³-hybridized carbons (Fsp3) is 0.429. The fourth-order valence-electron chi connectivity index (χ4n) is 2.77. The van der Waals surface area contributed by atoms with E-state index in [-0.39, 0.29) is 0 Å². The molecule has 1 aromatic heterocycles. The number of hydrogen-bond acceptors (Lipinski definition) is 2. The summed E-state index contributed by atoms with van der Waals surface area (Å²) in [4.78, 5) is 0. The van der Waals surface area contributed by atoms with E-state index in [0.717, 1.165) is 5.92 Å². The van der Waals surface area contributed by atoms with E-state index >= 15 is 0 Å². The minimum Gasteiger partial charge on any atom is -0.328 e. The van der Waals surface area contributed by atoms with Crippen molar-refractivity contribution in [1.29, 1.82) is 0 Å². The molecule has 1 aliphatic carbocycles. The van der Waals surface area contributed by atoms with Gasteiger partial charge in [-0.2, -0.15) is 0 Å². The maximum Gasteiger partial charge on any atom is 0.0377 e. The van der Waals surface area contributed by atoms with Gasteiger partial charge in [-0.1, -0.05) is 18.2 Å². The Hall–Kier alpha value is -0.860. The van der Waals surface area contributed by atoms with E-state index in [0.29, 0.717) is 6.04 Å². The maximum absolute atomic E-state index is 5.97. The molecule has 84 valence electrons. The lowest BCUT2D eigenvalue weighted by atomic mass is 9.82. The summed E-state index contributed by atoms with van der Waals surface area (Å²) in [6.07, 6.45) is 4.90. The van der Waals surface area contributed by atoms with Crippen LogP contribution >= 0.6 is 11.3 Å². The van der Waals surface area contributed by atoms with Crippen LogP contribution in [-0.2, 0) is 0 Å². The molecule has 0 bridgehead atoms. The smallest absolute Gasteiger partial charge is 0.0377 e. The molecule has 0 aliphatic heterocycles. The Labute approximate surface area is 100 Å². The van der Waals surface area contributed by atoms with Crippen molar-refractivity contribution in [3.8, 4) is 0 Å². The summed E-state index contributed by atoms with van der Waals surface area (Å²) in [5.74, 6) is 0.738. The molecule has 1 heterocycles. The van der Waals surface area contributed by atoms with Crippen LogP contribution in [0.5, 0.6) is 0 Å². The number of fused-ring (bicyclic) bond motifs is 1. The summed E-state index contributed by atoms with van der Waals surface area (Å²) in [6.45, 7) is 0. The Morgan fingerprint density at radius 2 is 1.88 bits per heavy atom. The highest BCUT2D eigenvalue weighted by Crippen LogP contribution is 2.37. The number of hydrogen-bond donors (Lipinski definition) is 1. The predicted octanol–water partition coefficient (Wildman–Crippen LogP) is 3.89. The van der Waals surface area contributed by atoms with Crippen LogP contribution in [0.15, 0.2) is 29.6 Å². The maximum atomic E-state index is 5.97. The highest BCUT2D eigenvalue weighted by molar-refractivity contribution is 7.17. The Balaban J connectivity index is 1.96. The lowest BCUT2D eigenvalue weighted by Gasteiger charge is -2.26. The van der Waals surface area contributed by atoms with Crippen LogP contribution in [0.1, 0.15) is 37.2 Å². The van der Waals surface area contributed by atoms with E-state index in [2.05, 4.69) is 29.6 Å². The summed E-state index contributed by atoms with van der Waals surface area (Å²) in [5.41, 5.74) is 7.53. The number of benzene rings is 1. The van der Waals surface area contributed by atoms with Crippen molar-refractivity contribution >= 4 is 21.4 Å². The van der Waals surface area contributed by atoms with E-state index < -0.39 is 0 Å². The first kappa shape index (κ1) is 10.3. The van der Waals surface area contributed by atoms with Crippen molar-refractivity contribution in [3.63, 3.8) is 0 Å². The van der Waals surface area contributed by atoms with Crippen molar-refractivity contribution in [2.45, 2.75) is 37.6 Å². The molecule has 1 fully saturated rings. The Morgan fingerprint density at radius 1 is 1.06 bits per heavy atom. The molecule has 2 heteroatoms. The fourth-order valence-corrected chi connectivity index (χ4v) is 3.76. The summed E-state index contributed by atoms with van der Waals surface area (Å²) in [7, 11) is 0. The van der Waals surface area contributed by atoms with Crippen molar-refractivity contribution in [1.82, 2.24) is 0 Å². The molecular formula is C14H17NS. The van der Waals surface area contributed by atoms with Crippen molar-refractivity contribution in [2.24, 2.45) is 5.73 Å². The van der Waals surface area contributed by atoms with Crippen molar-refractivity contribution in [2.75, 3.05) is 0 Å². The SMILES string of the molecule is NC1CCC(c2cccc3ccsc23)CC1. The molecule has 1 nitrogen and oxygen atoms in total. The highest BCUT2D eigenvalue weighted by Gasteiger charge is 2.21. The second-order valence-corrected chi connectivity index (χ2v) is 5.71. The van der Waals surface area contributed by atoms with E-state index in [1.807, 2.05) is 11.3 Å². The molecule has 0 spiro atoms. The van der Waals surface area contributed by atoms with Crippen LogP contribution in [0.3, 0.4) is 0 Å². The molecule has 2 N–H and O–H groups in total. The third-order valence-corrected chi connectivity index (χ3v) is 4.70. The van der Waals surface area contributed by atoms with Crippen LogP contribution in [0.2, 0.25) is 0 Å². The minimum atomic E-state index is 0.443. The molecule has 0 atom stereocenters. The minimum absolute atomic E-state index is 0.443. The molecule has 16 heavy (non-hydrogen) atoms. The summed E-state index contributed by atoms with van der Waals surface area (Å²) in [5, 5.41) is 3.60. The van der Waals surface area contributed by atoms with E-state index in [4.69, 9.17) is 5.73 Å². The summed E-state index contributed by atoms with van der Waals surface area (Å²) < 4.78 is 1.49. The van der Waals surface area contributed by atoms with Crippen LogP contribution < -0.4 is 5.73 Å². The lowest BCUT2D eigenvalue weighted by molar-refractivity contribution is 0.397. The van der Waals surface area contributed by atoms with Crippen molar-refractivity contribution in [3.05, 3.63) is 35.2 Å². The molecule has 0 amide bonds. The van der Waals surface area contributed by atoms with E-state index in [1.165, 1.54) is 35.8 Å². The van der Waals surface area contributed by atoms with Gasteiger partial charge in [-0.25, -0.2) is 0 Å². The topological polar surface area (TPSA) is 26.0 Å². The average Bonchev–Trinajstić information content (AvgIpc) is 2.78. The van der Waals surface area contributed by atoms with Gasteiger partial charge < -0.3 is 5.73 Å². The molecule has 2 aromatic rings. The first-order chi connectivity index (χ1) is 7.84. The molecule has 3 rings (SSSR count). The Morgan fingerprint density at radius 3 is 2.69 bits per heavy atom. The highest BCUT2D eigenvalue weighted by atomic mass is 32.1. The van der Waals surface area contributed by atoms with Gasteiger partial charge in [-0.05, 0) is 54.0 Å². The van der Waals surface area contributed by atoms with E-state index in [9.17, 15) is 0 Å².